The third-order valence-electron chi connectivity index (χ3n) is 3.64. The predicted molar refractivity (Wildman–Crippen MR) is 86.0 cm³/mol. The van der Waals surface area contributed by atoms with E-state index in [2.05, 4.69) is 66.5 Å². The Morgan fingerprint density at radius 3 is 2.62 bits per heavy atom. The van der Waals surface area contributed by atoms with Gasteiger partial charge in [-0.25, -0.2) is 9.67 Å². The van der Waals surface area contributed by atoms with Gasteiger partial charge >= 0.3 is 0 Å². The largest absolute Gasteiger partial charge is 0.310 e. The lowest BCUT2D eigenvalue weighted by Crippen LogP contribution is -2.20. The van der Waals surface area contributed by atoms with Crippen LogP contribution in [0.5, 0.6) is 0 Å². The number of nitrogens with zero attached hydrogens (tertiary/aromatic N) is 3. The van der Waals surface area contributed by atoms with Crippen molar-refractivity contribution in [3.05, 3.63) is 48.0 Å². The summed E-state index contributed by atoms with van der Waals surface area (Å²) in [6.45, 7) is 9.37. The maximum atomic E-state index is 4.33. The van der Waals surface area contributed by atoms with E-state index in [-0.39, 0.29) is 0 Å². The first-order valence-corrected chi connectivity index (χ1v) is 7.79. The van der Waals surface area contributed by atoms with E-state index in [1.54, 1.807) is 6.33 Å². The quantitative estimate of drug-likeness (QED) is 0.758. The molecular formula is C17H26N4. The van der Waals surface area contributed by atoms with Gasteiger partial charge in [0.05, 0.1) is 6.54 Å². The van der Waals surface area contributed by atoms with Crippen LogP contribution in [-0.4, -0.2) is 21.3 Å². The van der Waals surface area contributed by atoms with E-state index in [4.69, 9.17) is 0 Å². The van der Waals surface area contributed by atoms with E-state index < -0.39 is 0 Å². The smallest absolute Gasteiger partial charge is 0.140 e. The van der Waals surface area contributed by atoms with Crippen LogP contribution in [0.4, 0.5) is 0 Å². The molecule has 1 aromatic heterocycles. The van der Waals surface area contributed by atoms with Crippen LogP contribution in [0.15, 0.2) is 36.7 Å². The molecular weight excluding hydrogens is 260 g/mol. The molecule has 2 aromatic rings. The molecule has 0 aliphatic carbocycles. The molecule has 1 atom stereocenters. The van der Waals surface area contributed by atoms with Crippen molar-refractivity contribution in [2.24, 2.45) is 5.92 Å². The highest BCUT2D eigenvalue weighted by atomic mass is 15.3. The van der Waals surface area contributed by atoms with Gasteiger partial charge in [-0.1, -0.05) is 51.1 Å². The van der Waals surface area contributed by atoms with Crippen LogP contribution in [0.3, 0.4) is 0 Å². The number of nitrogens with one attached hydrogen (secondary N) is 1. The summed E-state index contributed by atoms with van der Waals surface area (Å²) >= 11 is 0. The average molecular weight is 286 g/mol. The molecule has 1 aromatic carbocycles. The van der Waals surface area contributed by atoms with Crippen LogP contribution in [0.2, 0.25) is 0 Å². The summed E-state index contributed by atoms with van der Waals surface area (Å²) in [6, 6.07) is 10.7. The molecule has 0 aliphatic heterocycles. The van der Waals surface area contributed by atoms with Crippen molar-refractivity contribution >= 4 is 0 Å². The zero-order chi connectivity index (χ0) is 15.1. The monoisotopic (exact) mass is 286 g/mol. The number of benzene rings is 1. The molecule has 0 aliphatic rings. The number of hydrogen-bond donors (Lipinski definition) is 1. The summed E-state index contributed by atoms with van der Waals surface area (Å²) in [5.74, 6) is 2.19. The minimum Gasteiger partial charge on any atom is -0.310 e. The minimum atomic E-state index is 0.576. The van der Waals surface area contributed by atoms with Gasteiger partial charge in [-0.15, -0.1) is 0 Å². The van der Waals surface area contributed by atoms with E-state index in [0.717, 1.165) is 31.9 Å². The van der Waals surface area contributed by atoms with Crippen molar-refractivity contribution in [1.29, 1.82) is 0 Å². The lowest BCUT2D eigenvalue weighted by atomic mass is 9.98. The van der Waals surface area contributed by atoms with Crippen molar-refractivity contribution in [1.82, 2.24) is 20.1 Å². The number of rotatable bonds is 8. The van der Waals surface area contributed by atoms with Gasteiger partial charge in [0.2, 0.25) is 0 Å². The van der Waals surface area contributed by atoms with Crippen molar-refractivity contribution in [2.75, 3.05) is 6.54 Å². The SMILES string of the molecule is CC(C)Cn1ncnc1CNCCC(C)c1ccccc1. The van der Waals surface area contributed by atoms with Gasteiger partial charge in [-0.05, 0) is 30.4 Å². The number of aromatic nitrogens is 3. The Hall–Kier alpha value is -1.68. The van der Waals surface area contributed by atoms with E-state index in [1.165, 1.54) is 5.56 Å². The molecule has 0 fully saturated rings. The summed E-state index contributed by atoms with van der Waals surface area (Å²) in [5, 5.41) is 7.76. The second-order valence-corrected chi connectivity index (χ2v) is 6.03. The zero-order valence-corrected chi connectivity index (χ0v) is 13.3. The maximum absolute atomic E-state index is 4.33. The highest BCUT2D eigenvalue weighted by Gasteiger charge is 2.07. The molecule has 0 radical (unpaired) electrons. The molecule has 0 bridgehead atoms. The fraction of sp³-hybridized carbons (Fsp3) is 0.529. The van der Waals surface area contributed by atoms with Gasteiger partial charge in [0.1, 0.15) is 12.2 Å². The van der Waals surface area contributed by atoms with Crippen molar-refractivity contribution in [3.8, 4) is 0 Å². The van der Waals surface area contributed by atoms with E-state index in [0.29, 0.717) is 11.8 Å². The Balaban J connectivity index is 1.74. The van der Waals surface area contributed by atoms with Gasteiger partial charge < -0.3 is 5.32 Å². The van der Waals surface area contributed by atoms with Crippen LogP contribution in [0, 0.1) is 5.92 Å². The van der Waals surface area contributed by atoms with E-state index in [1.807, 2.05) is 4.68 Å². The van der Waals surface area contributed by atoms with Crippen LogP contribution >= 0.6 is 0 Å². The van der Waals surface area contributed by atoms with Crippen molar-refractivity contribution in [3.63, 3.8) is 0 Å². The molecule has 4 heteroatoms. The van der Waals surface area contributed by atoms with E-state index >= 15 is 0 Å². The Morgan fingerprint density at radius 2 is 1.90 bits per heavy atom. The fourth-order valence-electron chi connectivity index (χ4n) is 2.39. The van der Waals surface area contributed by atoms with Gasteiger partial charge in [-0.3, -0.25) is 0 Å². The zero-order valence-electron chi connectivity index (χ0n) is 13.3. The Morgan fingerprint density at radius 1 is 1.14 bits per heavy atom. The summed E-state index contributed by atoms with van der Waals surface area (Å²) in [7, 11) is 0. The molecule has 1 unspecified atom stereocenters. The van der Waals surface area contributed by atoms with Crippen LogP contribution in [0.1, 0.15) is 44.5 Å². The van der Waals surface area contributed by atoms with Gasteiger partial charge in [-0.2, -0.15) is 5.10 Å². The minimum absolute atomic E-state index is 0.576. The normalized spacial score (nSPS) is 12.8. The van der Waals surface area contributed by atoms with Crippen LogP contribution < -0.4 is 5.32 Å². The Bertz CT molecular complexity index is 519. The number of hydrogen-bond acceptors (Lipinski definition) is 3. The second-order valence-electron chi connectivity index (χ2n) is 6.03. The molecule has 0 amide bonds. The molecule has 0 saturated carbocycles. The summed E-state index contributed by atoms with van der Waals surface area (Å²) in [4.78, 5) is 4.33. The average Bonchev–Trinajstić information content (AvgIpc) is 2.91. The van der Waals surface area contributed by atoms with Crippen LogP contribution in [0.25, 0.3) is 0 Å². The fourth-order valence-corrected chi connectivity index (χ4v) is 2.39. The highest BCUT2D eigenvalue weighted by Crippen LogP contribution is 2.17. The Kier molecular flexibility index (Phi) is 5.93. The maximum Gasteiger partial charge on any atom is 0.140 e. The molecule has 2 rings (SSSR count). The highest BCUT2D eigenvalue weighted by molar-refractivity contribution is 5.18. The lowest BCUT2D eigenvalue weighted by molar-refractivity contribution is 0.455. The van der Waals surface area contributed by atoms with Gasteiger partial charge in [0, 0.05) is 6.54 Å². The first-order chi connectivity index (χ1) is 10.2. The Labute approximate surface area is 127 Å². The molecule has 1 N–H and O–H groups in total. The van der Waals surface area contributed by atoms with Gasteiger partial charge in [0.15, 0.2) is 0 Å². The second kappa shape index (κ2) is 7.93. The van der Waals surface area contributed by atoms with E-state index in [9.17, 15) is 0 Å². The summed E-state index contributed by atoms with van der Waals surface area (Å²) in [5.41, 5.74) is 1.40. The van der Waals surface area contributed by atoms with Crippen LogP contribution in [-0.2, 0) is 13.1 Å². The molecule has 114 valence electrons. The molecule has 21 heavy (non-hydrogen) atoms. The predicted octanol–water partition coefficient (Wildman–Crippen LogP) is 3.22. The summed E-state index contributed by atoms with van der Waals surface area (Å²) in [6.07, 6.45) is 2.77. The topological polar surface area (TPSA) is 42.7 Å². The van der Waals surface area contributed by atoms with Crippen molar-refractivity contribution in [2.45, 2.75) is 46.2 Å². The first kappa shape index (κ1) is 15.7. The third kappa shape index (κ3) is 4.97. The third-order valence-corrected chi connectivity index (χ3v) is 3.64. The molecule has 4 nitrogen and oxygen atoms in total. The standard InChI is InChI=1S/C17H26N4/c1-14(2)12-21-17(19-13-20-21)11-18-10-9-15(3)16-7-5-4-6-8-16/h4-8,13-15,18H,9-12H2,1-3H3. The first-order valence-electron chi connectivity index (χ1n) is 7.79. The lowest BCUT2D eigenvalue weighted by Gasteiger charge is -2.13. The molecule has 1 heterocycles. The molecule has 0 saturated heterocycles. The summed E-state index contributed by atoms with van der Waals surface area (Å²) < 4.78 is 2.00. The van der Waals surface area contributed by atoms with Gasteiger partial charge in [0.25, 0.3) is 0 Å². The molecule has 0 spiro atoms. The van der Waals surface area contributed by atoms with Crippen molar-refractivity contribution < 1.29 is 0 Å².